The summed E-state index contributed by atoms with van der Waals surface area (Å²) in [6.45, 7) is 5.29. The van der Waals surface area contributed by atoms with Gasteiger partial charge in [0, 0.05) is 27.4 Å². The second-order valence-electron chi connectivity index (χ2n) is 2.33. The van der Waals surface area contributed by atoms with Crippen molar-refractivity contribution < 1.29 is 22.8 Å². The molecule has 0 unspecified atom stereocenters. The van der Waals surface area contributed by atoms with Gasteiger partial charge in [-0.25, -0.2) is 0 Å². The lowest BCUT2D eigenvalue weighted by molar-refractivity contribution is -0.129. The van der Waals surface area contributed by atoms with E-state index in [9.17, 15) is 0 Å². The lowest BCUT2D eigenvalue weighted by atomic mass is 10.7. The number of hydrogen-bond acceptors (Lipinski definition) is 5. The first kappa shape index (κ1) is 14.0. The van der Waals surface area contributed by atoms with Crippen LogP contribution in [0.1, 0.15) is 13.8 Å². The molecule has 0 spiro atoms. The standard InChI is InChI=1S/C8H19O5Si/c1-5-11-14(12-6-2)13-7-8(9-3)10-4/h8H,5-7H2,1-4H3. The van der Waals surface area contributed by atoms with Crippen LogP contribution in [-0.2, 0) is 22.8 Å². The van der Waals surface area contributed by atoms with Crippen molar-refractivity contribution >= 4 is 9.53 Å². The van der Waals surface area contributed by atoms with Crippen molar-refractivity contribution in [3.8, 4) is 0 Å². The quantitative estimate of drug-likeness (QED) is 0.425. The second-order valence-corrected chi connectivity index (χ2v) is 3.69. The van der Waals surface area contributed by atoms with Crippen molar-refractivity contribution in [2.24, 2.45) is 0 Å². The van der Waals surface area contributed by atoms with Crippen molar-refractivity contribution in [3.05, 3.63) is 0 Å². The third-order valence-electron chi connectivity index (χ3n) is 1.39. The molecule has 0 amide bonds. The maximum absolute atomic E-state index is 5.37. The van der Waals surface area contributed by atoms with Crippen LogP contribution in [0.2, 0.25) is 0 Å². The summed E-state index contributed by atoms with van der Waals surface area (Å²) in [6, 6.07) is 0. The summed E-state index contributed by atoms with van der Waals surface area (Å²) < 4.78 is 25.8. The molecule has 0 fully saturated rings. The maximum Gasteiger partial charge on any atom is 0.577 e. The van der Waals surface area contributed by atoms with E-state index in [0.29, 0.717) is 19.8 Å². The van der Waals surface area contributed by atoms with Gasteiger partial charge in [0.2, 0.25) is 0 Å². The average Bonchev–Trinajstić information content (AvgIpc) is 2.20. The molecule has 0 aromatic heterocycles. The van der Waals surface area contributed by atoms with Crippen molar-refractivity contribution in [3.63, 3.8) is 0 Å². The molecule has 85 valence electrons. The maximum atomic E-state index is 5.37. The predicted octanol–water partition coefficient (Wildman–Crippen LogP) is 0.680. The van der Waals surface area contributed by atoms with Crippen LogP contribution in [0.15, 0.2) is 0 Å². The highest BCUT2D eigenvalue weighted by Crippen LogP contribution is 1.97. The molecule has 0 N–H and O–H groups in total. The fourth-order valence-corrected chi connectivity index (χ4v) is 1.72. The van der Waals surface area contributed by atoms with Gasteiger partial charge in [0.15, 0.2) is 6.29 Å². The Labute approximate surface area is 87.2 Å². The zero-order valence-electron chi connectivity index (χ0n) is 9.24. The van der Waals surface area contributed by atoms with E-state index in [0.717, 1.165) is 0 Å². The minimum atomic E-state index is -1.62. The SMILES string of the molecule is CCO[Si](OCC)OCC(OC)OC. The van der Waals surface area contributed by atoms with Gasteiger partial charge in [-0.2, -0.15) is 0 Å². The van der Waals surface area contributed by atoms with Gasteiger partial charge in [0.05, 0.1) is 6.61 Å². The van der Waals surface area contributed by atoms with Gasteiger partial charge < -0.3 is 22.8 Å². The minimum Gasteiger partial charge on any atom is -0.371 e. The Morgan fingerprint density at radius 3 is 1.79 bits per heavy atom. The van der Waals surface area contributed by atoms with Crippen LogP contribution >= 0.6 is 0 Å². The highest BCUT2D eigenvalue weighted by atomic mass is 28.3. The highest BCUT2D eigenvalue weighted by molar-refractivity contribution is 6.36. The molecule has 0 saturated carbocycles. The molecule has 0 aliphatic carbocycles. The van der Waals surface area contributed by atoms with Crippen LogP contribution in [0.5, 0.6) is 0 Å². The van der Waals surface area contributed by atoms with Gasteiger partial charge in [-0.05, 0) is 13.8 Å². The van der Waals surface area contributed by atoms with Crippen molar-refractivity contribution in [2.75, 3.05) is 34.0 Å². The van der Waals surface area contributed by atoms with Crippen molar-refractivity contribution in [1.29, 1.82) is 0 Å². The van der Waals surface area contributed by atoms with Gasteiger partial charge in [0.1, 0.15) is 0 Å². The molecule has 14 heavy (non-hydrogen) atoms. The van der Waals surface area contributed by atoms with Crippen molar-refractivity contribution in [1.82, 2.24) is 0 Å². The van der Waals surface area contributed by atoms with E-state index in [1.54, 1.807) is 14.2 Å². The van der Waals surface area contributed by atoms with E-state index in [1.165, 1.54) is 0 Å². The molecule has 1 radical (unpaired) electrons. The molecule has 0 aromatic carbocycles. The first-order valence-electron chi connectivity index (χ1n) is 4.59. The molecular weight excluding hydrogens is 204 g/mol. The number of methoxy groups -OCH3 is 2. The summed E-state index contributed by atoms with van der Waals surface area (Å²) in [5.74, 6) is 0. The Morgan fingerprint density at radius 2 is 1.43 bits per heavy atom. The zero-order chi connectivity index (χ0) is 10.8. The summed E-state index contributed by atoms with van der Waals surface area (Å²) >= 11 is 0. The molecule has 0 heterocycles. The Bertz CT molecular complexity index is 114. The summed E-state index contributed by atoms with van der Waals surface area (Å²) in [4.78, 5) is 0. The normalized spacial score (nSPS) is 11.6. The molecule has 0 atom stereocenters. The molecule has 0 rings (SSSR count). The summed E-state index contributed by atoms with van der Waals surface area (Å²) in [5.41, 5.74) is 0. The van der Waals surface area contributed by atoms with Crippen LogP contribution in [-0.4, -0.2) is 49.9 Å². The predicted molar refractivity (Wildman–Crippen MR) is 52.8 cm³/mol. The third-order valence-corrected chi connectivity index (χ3v) is 2.84. The fraction of sp³-hybridized carbons (Fsp3) is 1.00. The molecule has 6 heteroatoms. The van der Waals surface area contributed by atoms with Crippen LogP contribution in [0.4, 0.5) is 0 Å². The Morgan fingerprint density at radius 1 is 0.929 bits per heavy atom. The second kappa shape index (κ2) is 9.57. The Hall–Kier alpha value is 0.0169. The van der Waals surface area contributed by atoms with Crippen molar-refractivity contribution in [2.45, 2.75) is 20.1 Å². The molecule has 0 bridgehead atoms. The van der Waals surface area contributed by atoms with E-state index < -0.39 is 9.53 Å². The lowest BCUT2D eigenvalue weighted by Crippen LogP contribution is -2.32. The summed E-state index contributed by atoms with van der Waals surface area (Å²) in [5, 5.41) is 0. The van der Waals surface area contributed by atoms with Gasteiger partial charge in [-0.15, -0.1) is 0 Å². The monoisotopic (exact) mass is 223 g/mol. The van der Waals surface area contributed by atoms with Crippen LogP contribution in [0.25, 0.3) is 0 Å². The third kappa shape index (κ3) is 6.47. The average molecular weight is 223 g/mol. The number of ether oxygens (including phenoxy) is 2. The fourth-order valence-electron chi connectivity index (χ4n) is 0.729. The van der Waals surface area contributed by atoms with E-state index in [-0.39, 0.29) is 6.29 Å². The zero-order valence-corrected chi connectivity index (χ0v) is 10.2. The first-order chi connectivity index (χ1) is 6.78. The Balaban J connectivity index is 3.67. The van der Waals surface area contributed by atoms with Gasteiger partial charge in [-0.3, -0.25) is 0 Å². The topological polar surface area (TPSA) is 46.2 Å². The van der Waals surface area contributed by atoms with E-state index in [1.807, 2.05) is 13.8 Å². The van der Waals surface area contributed by atoms with E-state index in [4.69, 9.17) is 22.8 Å². The molecule has 0 aliphatic rings. The van der Waals surface area contributed by atoms with Gasteiger partial charge in [-0.1, -0.05) is 0 Å². The highest BCUT2D eigenvalue weighted by Gasteiger charge is 2.19. The van der Waals surface area contributed by atoms with E-state index in [2.05, 4.69) is 0 Å². The lowest BCUT2D eigenvalue weighted by Gasteiger charge is -2.17. The molecule has 0 saturated heterocycles. The minimum absolute atomic E-state index is 0.321. The first-order valence-corrected chi connectivity index (χ1v) is 5.81. The molecular formula is C8H19O5Si. The largest absolute Gasteiger partial charge is 0.577 e. The number of hydrogen-bond donors (Lipinski definition) is 0. The van der Waals surface area contributed by atoms with E-state index >= 15 is 0 Å². The Kier molecular flexibility index (Phi) is 9.58. The summed E-state index contributed by atoms with van der Waals surface area (Å²) in [6.07, 6.45) is -0.365. The molecule has 0 aliphatic heterocycles. The molecule has 0 aromatic rings. The van der Waals surface area contributed by atoms with Crippen LogP contribution in [0, 0.1) is 0 Å². The molecule has 5 nitrogen and oxygen atoms in total. The van der Waals surface area contributed by atoms with Crippen LogP contribution < -0.4 is 0 Å². The number of rotatable bonds is 9. The smallest absolute Gasteiger partial charge is 0.371 e. The van der Waals surface area contributed by atoms with Gasteiger partial charge in [0.25, 0.3) is 0 Å². The summed E-state index contributed by atoms with van der Waals surface area (Å²) in [7, 11) is 1.50. The van der Waals surface area contributed by atoms with Crippen LogP contribution in [0.3, 0.4) is 0 Å². The van der Waals surface area contributed by atoms with Gasteiger partial charge >= 0.3 is 9.53 Å².